The van der Waals surface area contributed by atoms with Gasteiger partial charge in [0.25, 0.3) is 11.1 Å². The minimum Gasteiger partial charge on any atom is -0.282 e. The fourth-order valence-corrected chi connectivity index (χ4v) is 2.79. The molecule has 0 atom stereocenters. The SMILES string of the molecule is O=C1NC(=O)C(=Cc2ccc(-c3ccc(Cl)cc3)cc2)S1. The number of hydrogen-bond donors (Lipinski definition) is 1. The molecule has 21 heavy (non-hydrogen) atoms. The van der Waals surface area contributed by atoms with Gasteiger partial charge >= 0.3 is 0 Å². The molecule has 0 aromatic heterocycles. The zero-order valence-electron chi connectivity index (χ0n) is 10.8. The highest BCUT2D eigenvalue weighted by molar-refractivity contribution is 8.18. The Bertz CT molecular complexity index is 736. The number of carbonyl (C=O) groups is 2. The quantitative estimate of drug-likeness (QED) is 0.839. The Morgan fingerprint density at radius 2 is 1.48 bits per heavy atom. The van der Waals surface area contributed by atoms with Gasteiger partial charge in [0.1, 0.15) is 0 Å². The minimum atomic E-state index is -0.341. The lowest BCUT2D eigenvalue weighted by Crippen LogP contribution is -2.17. The summed E-state index contributed by atoms with van der Waals surface area (Å²) in [4.78, 5) is 23.0. The summed E-state index contributed by atoms with van der Waals surface area (Å²) < 4.78 is 0. The van der Waals surface area contributed by atoms with E-state index in [0.717, 1.165) is 28.5 Å². The third-order valence-corrected chi connectivity index (χ3v) is 4.09. The van der Waals surface area contributed by atoms with E-state index in [9.17, 15) is 9.59 Å². The van der Waals surface area contributed by atoms with Crippen LogP contribution >= 0.6 is 23.4 Å². The Hall–Kier alpha value is -2.04. The maximum absolute atomic E-state index is 11.5. The van der Waals surface area contributed by atoms with Gasteiger partial charge in [-0.15, -0.1) is 0 Å². The van der Waals surface area contributed by atoms with Crippen molar-refractivity contribution >= 4 is 40.6 Å². The number of amides is 2. The second-order valence-electron chi connectivity index (χ2n) is 4.48. The van der Waals surface area contributed by atoms with Crippen molar-refractivity contribution < 1.29 is 9.59 Å². The molecule has 0 bridgehead atoms. The zero-order valence-corrected chi connectivity index (χ0v) is 12.4. The standard InChI is InChI=1S/C16H10ClNO2S/c17-13-7-5-12(6-8-13)11-3-1-10(2-4-11)9-14-15(19)18-16(20)21-14/h1-9H,(H,18,19,20). The number of benzene rings is 2. The molecule has 104 valence electrons. The molecular weight excluding hydrogens is 306 g/mol. The molecule has 0 radical (unpaired) electrons. The Morgan fingerprint density at radius 3 is 2.00 bits per heavy atom. The summed E-state index contributed by atoms with van der Waals surface area (Å²) in [7, 11) is 0. The van der Waals surface area contributed by atoms with Crippen molar-refractivity contribution in [3.8, 4) is 11.1 Å². The molecule has 1 fully saturated rings. The molecule has 1 heterocycles. The molecule has 1 aliphatic heterocycles. The van der Waals surface area contributed by atoms with Crippen molar-refractivity contribution in [2.75, 3.05) is 0 Å². The number of carbonyl (C=O) groups excluding carboxylic acids is 2. The Morgan fingerprint density at radius 1 is 0.905 bits per heavy atom. The van der Waals surface area contributed by atoms with E-state index in [1.165, 1.54) is 0 Å². The van der Waals surface area contributed by atoms with Gasteiger partial charge in [-0.2, -0.15) is 0 Å². The molecule has 2 aromatic rings. The van der Waals surface area contributed by atoms with Crippen LogP contribution in [0.2, 0.25) is 5.02 Å². The maximum Gasteiger partial charge on any atom is 0.290 e. The average Bonchev–Trinajstić information content (AvgIpc) is 2.79. The first-order valence-corrected chi connectivity index (χ1v) is 7.42. The topological polar surface area (TPSA) is 46.2 Å². The van der Waals surface area contributed by atoms with Gasteiger partial charge in [-0.25, -0.2) is 0 Å². The van der Waals surface area contributed by atoms with E-state index in [2.05, 4.69) is 5.32 Å². The molecule has 3 rings (SSSR count). The fourth-order valence-electron chi connectivity index (χ4n) is 1.99. The van der Waals surface area contributed by atoms with Gasteiger partial charge in [0.2, 0.25) is 0 Å². The predicted octanol–water partition coefficient (Wildman–Crippen LogP) is 4.33. The van der Waals surface area contributed by atoms with Crippen molar-refractivity contribution in [2.45, 2.75) is 0 Å². The van der Waals surface area contributed by atoms with Crippen molar-refractivity contribution in [1.82, 2.24) is 5.32 Å². The summed E-state index contributed by atoms with van der Waals surface area (Å²) in [6, 6.07) is 15.4. The second-order valence-corrected chi connectivity index (χ2v) is 5.93. The summed E-state index contributed by atoms with van der Waals surface area (Å²) in [5.41, 5.74) is 3.01. The first-order chi connectivity index (χ1) is 10.1. The lowest BCUT2D eigenvalue weighted by atomic mass is 10.0. The van der Waals surface area contributed by atoms with Gasteiger partial charge in [-0.05, 0) is 46.7 Å². The highest BCUT2D eigenvalue weighted by atomic mass is 35.5. The van der Waals surface area contributed by atoms with Crippen LogP contribution in [0.3, 0.4) is 0 Å². The van der Waals surface area contributed by atoms with Crippen LogP contribution in [0.15, 0.2) is 53.4 Å². The summed E-state index contributed by atoms with van der Waals surface area (Å²) in [5, 5.41) is 2.61. The minimum absolute atomic E-state index is 0.330. The molecule has 2 amide bonds. The molecule has 0 aliphatic carbocycles. The normalized spacial score (nSPS) is 16.3. The maximum atomic E-state index is 11.5. The van der Waals surface area contributed by atoms with Crippen LogP contribution < -0.4 is 5.32 Å². The molecule has 1 aliphatic rings. The number of thioether (sulfide) groups is 1. The molecule has 3 nitrogen and oxygen atoms in total. The predicted molar refractivity (Wildman–Crippen MR) is 86.0 cm³/mol. The fraction of sp³-hybridized carbons (Fsp3) is 0. The van der Waals surface area contributed by atoms with Crippen LogP contribution in [-0.2, 0) is 4.79 Å². The van der Waals surface area contributed by atoms with Gasteiger partial charge < -0.3 is 0 Å². The van der Waals surface area contributed by atoms with Crippen molar-refractivity contribution in [3.63, 3.8) is 0 Å². The smallest absolute Gasteiger partial charge is 0.282 e. The van der Waals surface area contributed by atoms with Crippen LogP contribution in [0, 0.1) is 0 Å². The van der Waals surface area contributed by atoms with Crippen LogP contribution in [0.4, 0.5) is 4.79 Å². The molecule has 5 heteroatoms. The van der Waals surface area contributed by atoms with E-state index < -0.39 is 0 Å². The lowest BCUT2D eigenvalue weighted by Gasteiger charge is -2.03. The molecule has 0 saturated carbocycles. The third kappa shape index (κ3) is 3.17. The van der Waals surface area contributed by atoms with Gasteiger partial charge in [0.05, 0.1) is 4.91 Å². The van der Waals surface area contributed by atoms with Crippen LogP contribution in [-0.4, -0.2) is 11.1 Å². The first-order valence-electron chi connectivity index (χ1n) is 6.23. The Labute approximate surface area is 131 Å². The van der Waals surface area contributed by atoms with E-state index in [0.29, 0.717) is 9.93 Å². The highest BCUT2D eigenvalue weighted by Crippen LogP contribution is 2.27. The molecular formula is C16H10ClNO2S. The molecule has 2 aromatic carbocycles. The number of rotatable bonds is 2. The Balaban J connectivity index is 1.84. The zero-order chi connectivity index (χ0) is 14.8. The summed E-state index contributed by atoms with van der Waals surface area (Å²) in [6.45, 7) is 0. The third-order valence-electron chi connectivity index (χ3n) is 3.03. The molecule has 0 spiro atoms. The highest BCUT2D eigenvalue weighted by Gasteiger charge is 2.24. The molecule has 0 unspecified atom stereocenters. The van der Waals surface area contributed by atoms with Gasteiger partial charge in [0, 0.05) is 5.02 Å². The summed E-state index contributed by atoms with van der Waals surface area (Å²) in [5.74, 6) is -0.341. The first kappa shape index (κ1) is 13.9. The van der Waals surface area contributed by atoms with E-state index in [-0.39, 0.29) is 11.1 Å². The summed E-state index contributed by atoms with van der Waals surface area (Å²) >= 11 is 6.79. The van der Waals surface area contributed by atoms with Crippen LogP contribution in [0.5, 0.6) is 0 Å². The molecule has 1 saturated heterocycles. The van der Waals surface area contributed by atoms with E-state index in [4.69, 9.17) is 11.6 Å². The Kier molecular flexibility index (Phi) is 3.82. The van der Waals surface area contributed by atoms with E-state index in [1.807, 2.05) is 48.5 Å². The number of hydrogen-bond acceptors (Lipinski definition) is 3. The van der Waals surface area contributed by atoms with E-state index >= 15 is 0 Å². The average molecular weight is 316 g/mol. The van der Waals surface area contributed by atoms with Gasteiger partial charge in [-0.3, -0.25) is 14.9 Å². The largest absolute Gasteiger partial charge is 0.290 e. The van der Waals surface area contributed by atoms with Gasteiger partial charge in [0.15, 0.2) is 0 Å². The van der Waals surface area contributed by atoms with Gasteiger partial charge in [-0.1, -0.05) is 48.0 Å². The lowest BCUT2D eigenvalue weighted by molar-refractivity contribution is -0.115. The monoisotopic (exact) mass is 315 g/mol. The number of imide groups is 1. The van der Waals surface area contributed by atoms with Crippen molar-refractivity contribution in [2.24, 2.45) is 0 Å². The second kappa shape index (κ2) is 5.76. The van der Waals surface area contributed by atoms with E-state index in [1.54, 1.807) is 6.08 Å². The van der Waals surface area contributed by atoms with Crippen molar-refractivity contribution in [1.29, 1.82) is 0 Å². The van der Waals surface area contributed by atoms with Crippen LogP contribution in [0.1, 0.15) is 5.56 Å². The number of halogens is 1. The van der Waals surface area contributed by atoms with Crippen LogP contribution in [0.25, 0.3) is 17.2 Å². The summed E-state index contributed by atoms with van der Waals surface area (Å²) in [6.07, 6.45) is 1.70. The van der Waals surface area contributed by atoms with Crippen molar-refractivity contribution in [3.05, 3.63) is 64.0 Å². The number of nitrogens with one attached hydrogen (secondary N) is 1. The molecule has 1 N–H and O–H groups in total.